The number of alkyl halides is 2. The number of hydrogen-bond donors (Lipinski definition) is 1. The van der Waals surface area contributed by atoms with Crippen LogP contribution in [-0.2, 0) is 19.2 Å². The lowest BCUT2D eigenvalue weighted by molar-refractivity contribution is -0.138. The second-order valence-corrected chi connectivity index (χ2v) is 13.3. The summed E-state index contributed by atoms with van der Waals surface area (Å²) in [4.78, 5) is 53.8. The fourth-order valence-electron chi connectivity index (χ4n) is 7.62. The van der Waals surface area contributed by atoms with Crippen molar-refractivity contribution in [3.05, 3.63) is 82.4 Å². The summed E-state index contributed by atoms with van der Waals surface area (Å²) in [5.74, 6) is -4.99. The Kier molecular flexibility index (Phi) is 5.92. The van der Waals surface area contributed by atoms with Crippen LogP contribution < -0.4 is 4.90 Å². The quantitative estimate of drug-likeness (QED) is 0.225. The van der Waals surface area contributed by atoms with Crippen LogP contribution in [-0.4, -0.2) is 50.4 Å². The van der Waals surface area contributed by atoms with Gasteiger partial charge in [-0.05, 0) is 60.4 Å². The summed E-state index contributed by atoms with van der Waals surface area (Å²) in [5, 5.41) is 12.3. The Bertz CT molecular complexity index is 1810. The number of anilines is 1. The highest BCUT2D eigenvalue weighted by Crippen LogP contribution is 2.66. The number of rotatable bonds is 2. The summed E-state index contributed by atoms with van der Waals surface area (Å²) in [6.45, 7) is 1.83. The van der Waals surface area contributed by atoms with Gasteiger partial charge in [0.1, 0.15) is 5.75 Å². The van der Waals surface area contributed by atoms with Crippen molar-refractivity contribution in [2.24, 2.45) is 17.8 Å². The topological polar surface area (TPSA) is 95.0 Å². The van der Waals surface area contributed by atoms with Crippen molar-refractivity contribution >= 4 is 74.9 Å². The predicted octanol–water partition coefficient (Wildman–Crippen LogP) is 5.70. The average Bonchev–Trinajstić information content (AvgIpc) is 3.30. The van der Waals surface area contributed by atoms with E-state index in [1.54, 1.807) is 36.4 Å². The first kappa shape index (κ1) is 27.4. The fourth-order valence-corrected chi connectivity index (χ4v) is 8.81. The molecule has 6 atom stereocenters. The van der Waals surface area contributed by atoms with Gasteiger partial charge in [0.25, 0.3) is 11.8 Å². The zero-order chi connectivity index (χ0) is 29.9. The Balaban J connectivity index is 1.43. The molecule has 42 heavy (non-hydrogen) atoms. The summed E-state index contributed by atoms with van der Waals surface area (Å²) in [5.41, 5.74) is 2.49. The number of benzene rings is 3. The Morgan fingerprint density at radius 1 is 0.905 bits per heavy atom. The maximum absolute atomic E-state index is 14.2. The molecule has 4 aliphatic rings. The van der Waals surface area contributed by atoms with Crippen LogP contribution in [0.1, 0.15) is 29.9 Å². The summed E-state index contributed by atoms with van der Waals surface area (Å²) >= 11 is 20.9. The second-order valence-electron chi connectivity index (χ2n) is 11.7. The van der Waals surface area contributed by atoms with Crippen LogP contribution in [0.15, 0.2) is 66.2 Å². The van der Waals surface area contributed by atoms with E-state index < -0.39 is 51.1 Å². The average molecular weight is 624 g/mol. The predicted molar refractivity (Wildman–Crippen MR) is 160 cm³/mol. The van der Waals surface area contributed by atoms with Crippen LogP contribution in [0.4, 0.5) is 5.69 Å². The number of likely N-dealkylation sites (tertiary alicyclic amines) is 1. The van der Waals surface area contributed by atoms with Crippen molar-refractivity contribution in [1.29, 1.82) is 0 Å². The van der Waals surface area contributed by atoms with Gasteiger partial charge in [0.15, 0.2) is 9.75 Å². The Hall–Kier alpha value is -3.39. The van der Waals surface area contributed by atoms with Gasteiger partial charge in [0, 0.05) is 23.4 Å². The van der Waals surface area contributed by atoms with Gasteiger partial charge in [-0.3, -0.25) is 24.1 Å². The highest BCUT2D eigenvalue weighted by molar-refractivity contribution is 6.53. The van der Waals surface area contributed by atoms with E-state index in [0.29, 0.717) is 32.6 Å². The molecule has 0 unspecified atom stereocenters. The Morgan fingerprint density at radius 2 is 1.62 bits per heavy atom. The Morgan fingerprint density at radius 3 is 2.33 bits per heavy atom. The van der Waals surface area contributed by atoms with E-state index in [1.807, 2.05) is 25.1 Å². The third-order valence-corrected chi connectivity index (χ3v) is 11.5. The number of nitrogens with zero attached hydrogens (tertiary/aromatic N) is 2. The molecule has 10 heteroatoms. The van der Waals surface area contributed by atoms with Crippen molar-refractivity contribution < 1.29 is 24.3 Å². The maximum atomic E-state index is 14.2. The van der Waals surface area contributed by atoms with Crippen LogP contribution >= 0.6 is 34.8 Å². The summed E-state index contributed by atoms with van der Waals surface area (Å²) in [7, 11) is 1.36. The molecule has 1 saturated carbocycles. The molecule has 2 aliphatic carbocycles. The van der Waals surface area contributed by atoms with Crippen LogP contribution in [0.2, 0.25) is 5.02 Å². The lowest BCUT2D eigenvalue weighted by Crippen LogP contribution is -2.60. The lowest BCUT2D eigenvalue weighted by Gasteiger charge is -2.51. The molecule has 3 fully saturated rings. The third-order valence-electron chi connectivity index (χ3n) is 9.67. The SMILES string of the molecule is Cc1ccc(N2C(=O)[C@H]3[C@H](CC=C4[C@H]3C[C@@]3(Cl)C(=O)N(C)C(=O)[C@@]3(Cl)[C@H]4c3ccc(O)c4ccccc34)C2=O)cc1Cl. The standard InChI is InChI=1S/C32H25Cl3N2O5/c1-15-7-8-16(13-23(15)33)37-27(39)21-10-9-20-22(25(21)28(37)40)14-31(34)29(41)36(2)30(42)32(31,35)26(20)19-11-12-24(38)18-6-4-3-5-17(18)19/h3-9,11-13,21-22,25-26,38H,10,14H2,1-2H3/t21-,22+,25-,26-,31+,32-/m0/s1. The molecular formula is C32H25Cl3N2O5. The summed E-state index contributed by atoms with van der Waals surface area (Å²) in [6, 6.07) is 15.4. The van der Waals surface area contributed by atoms with Gasteiger partial charge in [-0.1, -0.05) is 59.6 Å². The molecule has 3 aromatic rings. The number of halogens is 3. The molecule has 2 heterocycles. The number of allylic oxidation sites excluding steroid dienone is 2. The smallest absolute Gasteiger partial charge is 0.253 e. The number of hydrogen-bond acceptors (Lipinski definition) is 5. The van der Waals surface area contributed by atoms with Crippen LogP contribution in [0.5, 0.6) is 5.75 Å². The summed E-state index contributed by atoms with van der Waals surface area (Å²) in [6.07, 6.45) is 2.06. The fraction of sp³-hybridized carbons (Fsp3) is 0.312. The van der Waals surface area contributed by atoms with E-state index in [4.69, 9.17) is 34.8 Å². The maximum Gasteiger partial charge on any atom is 0.253 e. The number of fused-ring (bicyclic) bond motifs is 5. The monoisotopic (exact) mass is 622 g/mol. The van der Waals surface area contributed by atoms with Crippen LogP contribution in [0.25, 0.3) is 10.8 Å². The molecule has 0 bridgehead atoms. The minimum absolute atomic E-state index is 0.0510. The molecular weight excluding hydrogens is 599 g/mol. The van der Waals surface area contributed by atoms with E-state index in [0.717, 1.165) is 10.5 Å². The highest BCUT2D eigenvalue weighted by Gasteiger charge is 2.76. The van der Waals surface area contributed by atoms with Crippen LogP contribution in [0, 0.1) is 24.7 Å². The largest absolute Gasteiger partial charge is 0.507 e. The lowest BCUT2D eigenvalue weighted by atomic mass is 9.56. The molecule has 3 aromatic carbocycles. The van der Waals surface area contributed by atoms with Gasteiger partial charge in [-0.15, -0.1) is 23.2 Å². The van der Waals surface area contributed by atoms with E-state index in [2.05, 4.69) is 0 Å². The van der Waals surface area contributed by atoms with Crippen LogP contribution in [0.3, 0.4) is 0 Å². The third kappa shape index (κ3) is 3.30. The van der Waals surface area contributed by atoms with Gasteiger partial charge in [0.05, 0.1) is 17.5 Å². The first-order valence-corrected chi connectivity index (χ1v) is 14.8. The molecule has 214 valence electrons. The van der Waals surface area contributed by atoms with E-state index in [-0.39, 0.29) is 24.5 Å². The molecule has 7 nitrogen and oxygen atoms in total. The molecule has 4 amide bonds. The first-order chi connectivity index (χ1) is 19.9. The zero-order valence-corrected chi connectivity index (χ0v) is 24.9. The van der Waals surface area contributed by atoms with E-state index >= 15 is 0 Å². The molecule has 2 saturated heterocycles. The molecule has 0 radical (unpaired) electrons. The van der Waals surface area contributed by atoms with Gasteiger partial charge < -0.3 is 5.11 Å². The second kappa shape index (κ2) is 9.06. The number of aromatic hydroxyl groups is 1. The normalized spacial score (nSPS) is 32.3. The minimum Gasteiger partial charge on any atom is -0.507 e. The first-order valence-electron chi connectivity index (χ1n) is 13.7. The molecule has 2 aliphatic heterocycles. The number of phenols is 1. The van der Waals surface area contributed by atoms with Crippen molar-refractivity contribution in [2.75, 3.05) is 11.9 Å². The minimum atomic E-state index is -1.90. The van der Waals surface area contributed by atoms with Crippen molar-refractivity contribution in [1.82, 2.24) is 4.90 Å². The summed E-state index contributed by atoms with van der Waals surface area (Å²) < 4.78 is 0. The van der Waals surface area contributed by atoms with Gasteiger partial charge >= 0.3 is 0 Å². The number of phenolic OH excluding ortho intramolecular Hbond substituents is 1. The van der Waals surface area contributed by atoms with E-state index in [1.165, 1.54) is 18.0 Å². The van der Waals surface area contributed by atoms with Gasteiger partial charge in [-0.25, -0.2) is 4.90 Å². The van der Waals surface area contributed by atoms with Gasteiger partial charge in [0.2, 0.25) is 11.8 Å². The Labute approximate surface area is 256 Å². The molecule has 0 spiro atoms. The van der Waals surface area contributed by atoms with Crippen molar-refractivity contribution in [3.63, 3.8) is 0 Å². The highest BCUT2D eigenvalue weighted by atomic mass is 35.5. The van der Waals surface area contributed by atoms with E-state index in [9.17, 15) is 24.3 Å². The molecule has 0 aromatic heterocycles. The molecule has 7 rings (SSSR count). The van der Waals surface area contributed by atoms with Crippen molar-refractivity contribution in [2.45, 2.75) is 35.4 Å². The number of amides is 4. The number of carbonyl (C=O) groups is 4. The number of imide groups is 2. The molecule has 1 N–H and O–H groups in total. The van der Waals surface area contributed by atoms with Gasteiger partial charge in [-0.2, -0.15) is 0 Å². The number of carbonyl (C=O) groups excluding carboxylic acids is 4. The van der Waals surface area contributed by atoms with Crippen molar-refractivity contribution in [3.8, 4) is 5.75 Å². The number of aryl methyl sites for hydroxylation is 1. The zero-order valence-electron chi connectivity index (χ0n) is 22.6.